The van der Waals surface area contributed by atoms with Crippen LogP contribution in [0.1, 0.15) is 30.4 Å². The van der Waals surface area contributed by atoms with E-state index in [1.807, 2.05) is 12.1 Å². The van der Waals surface area contributed by atoms with E-state index in [1.54, 1.807) is 12.1 Å². The highest BCUT2D eigenvalue weighted by Crippen LogP contribution is 2.34. The Labute approximate surface area is 120 Å². The first-order valence-corrected chi connectivity index (χ1v) is 8.60. The molecule has 0 spiro atoms. The van der Waals surface area contributed by atoms with Gasteiger partial charge in [-0.2, -0.15) is 0 Å². The van der Waals surface area contributed by atoms with E-state index in [1.165, 1.54) is 6.42 Å². The number of piperidine rings is 1. The second-order valence-electron chi connectivity index (χ2n) is 5.53. The Balaban J connectivity index is 1.89. The number of likely N-dealkylation sites (tertiary alicyclic amines) is 1. The zero-order chi connectivity index (χ0) is 14.2. The van der Waals surface area contributed by atoms with Crippen molar-refractivity contribution in [3.63, 3.8) is 0 Å². The average molecular weight is 292 g/mol. The second-order valence-corrected chi connectivity index (χ2v) is 7.50. The zero-order valence-electron chi connectivity index (χ0n) is 11.5. The summed E-state index contributed by atoms with van der Waals surface area (Å²) in [6.07, 6.45) is 5.40. The van der Waals surface area contributed by atoms with Gasteiger partial charge in [0, 0.05) is 13.1 Å². The molecule has 1 aromatic rings. The van der Waals surface area contributed by atoms with Crippen molar-refractivity contribution < 1.29 is 8.42 Å². The number of benzene rings is 1. The molecule has 1 fully saturated rings. The molecule has 2 N–H and O–H groups in total. The van der Waals surface area contributed by atoms with Crippen LogP contribution in [0.4, 0.5) is 0 Å². The zero-order valence-corrected chi connectivity index (χ0v) is 12.3. The largest absolute Gasteiger partial charge is 0.326 e. The van der Waals surface area contributed by atoms with Crippen molar-refractivity contribution in [1.29, 1.82) is 0 Å². The van der Waals surface area contributed by atoms with Crippen molar-refractivity contribution in [2.75, 3.05) is 19.6 Å². The normalized spacial score (nSPS) is 21.6. The van der Waals surface area contributed by atoms with Gasteiger partial charge in [0.25, 0.3) is 0 Å². The van der Waals surface area contributed by atoms with Crippen molar-refractivity contribution >= 4 is 15.9 Å². The van der Waals surface area contributed by atoms with Gasteiger partial charge in [0.2, 0.25) is 9.84 Å². The van der Waals surface area contributed by atoms with Crippen molar-refractivity contribution in [3.8, 4) is 0 Å². The summed E-state index contributed by atoms with van der Waals surface area (Å²) in [7, 11) is -3.29. The number of fused-ring (bicyclic) bond motifs is 1. The molecule has 0 aromatic heterocycles. The molecule has 3 rings (SSSR count). The molecule has 1 saturated heterocycles. The number of nitrogens with two attached hydrogens (primary N) is 1. The van der Waals surface area contributed by atoms with Gasteiger partial charge in [-0.1, -0.05) is 12.5 Å². The van der Waals surface area contributed by atoms with E-state index in [2.05, 4.69) is 4.90 Å². The van der Waals surface area contributed by atoms with Gasteiger partial charge in [-0.05, 0) is 55.3 Å². The minimum atomic E-state index is -3.29. The Morgan fingerprint density at radius 2 is 1.90 bits per heavy atom. The first-order valence-electron chi connectivity index (χ1n) is 7.12. The van der Waals surface area contributed by atoms with Crippen molar-refractivity contribution in [2.24, 2.45) is 5.73 Å². The quantitative estimate of drug-likeness (QED) is 0.922. The lowest BCUT2D eigenvalue weighted by molar-refractivity contribution is 0.250. The van der Waals surface area contributed by atoms with Gasteiger partial charge in [0.05, 0.1) is 9.80 Å². The lowest BCUT2D eigenvalue weighted by Crippen LogP contribution is -2.32. The number of rotatable bonds is 3. The Kier molecular flexibility index (Phi) is 3.67. The summed E-state index contributed by atoms with van der Waals surface area (Å²) in [5, 5.41) is 0. The SMILES string of the molecule is NCc1ccc2c(c1)C=C(CN1CCCCC1)S2(=O)=O. The van der Waals surface area contributed by atoms with Gasteiger partial charge >= 0.3 is 0 Å². The summed E-state index contributed by atoms with van der Waals surface area (Å²) < 4.78 is 25.1. The summed E-state index contributed by atoms with van der Waals surface area (Å²) in [6, 6.07) is 5.37. The van der Waals surface area contributed by atoms with E-state index in [0.29, 0.717) is 22.9 Å². The fourth-order valence-electron chi connectivity index (χ4n) is 2.94. The van der Waals surface area contributed by atoms with Crippen LogP contribution < -0.4 is 5.73 Å². The summed E-state index contributed by atoms with van der Waals surface area (Å²) in [5.41, 5.74) is 7.38. The molecule has 0 amide bonds. The van der Waals surface area contributed by atoms with Crippen LogP contribution >= 0.6 is 0 Å². The van der Waals surface area contributed by atoms with Crippen molar-refractivity contribution in [1.82, 2.24) is 4.90 Å². The maximum absolute atomic E-state index is 12.5. The molecule has 108 valence electrons. The number of hydrogen-bond acceptors (Lipinski definition) is 4. The van der Waals surface area contributed by atoms with Gasteiger partial charge in [0.15, 0.2) is 0 Å². The van der Waals surface area contributed by atoms with Crippen molar-refractivity contribution in [2.45, 2.75) is 30.7 Å². The minimum Gasteiger partial charge on any atom is -0.326 e. The Morgan fingerprint density at radius 3 is 2.60 bits per heavy atom. The average Bonchev–Trinajstić information content (AvgIpc) is 2.71. The summed E-state index contributed by atoms with van der Waals surface area (Å²) >= 11 is 0. The third-order valence-corrected chi connectivity index (χ3v) is 5.98. The number of sulfone groups is 1. The summed E-state index contributed by atoms with van der Waals surface area (Å²) in [5.74, 6) is 0. The van der Waals surface area contributed by atoms with E-state index in [9.17, 15) is 8.42 Å². The lowest BCUT2D eigenvalue weighted by Gasteiger charge is -2.26. The smallest absolute Gasteiger partial charge is 0.204 e. The second kappa shape index (κ2) is 5.31. The summed E-state index contributed by atoms with van der Waals surface area (Å²) in [4.78, 5) is 3.20. The molecule has 0 saturated carbocycles. The molecular formula is C15H20N2O2S. The van der Waals surface area contributed by atoms with Crippen LogP contribution in [0.25, 0.3) is 6.08 Å². The van der Waals surface area contributed by atoms with Gasteiger partial charge in [0.1, 0.15) is 0 Å². The maximum atomic E-state index is 12.5. The number of nitrogens with zero attached hydrogens (tertiary/aromatic N) is 1. The van der Waals surface area contributed by atoms with Crippen LogP contribution in [-0.2, 0) is 16.4 Å². The molecule has 2 heterocycles. The fraction of sp³-hybridized carbons (Fsp3) is 0.467. The standard InChI is InChI=1S/C15H20N2O2S/c16-10-12-4-5-15-13(8-12)9-14(20(15,18)19)11-17-6-2-1-3-7-17/h4-5,8-9H,1-3,6-7,10-11,16H2. The van der Waals surface area contributed by atoms with Gasteiger partial charge < -0.3 is 5.73 Å². The highest BCUT2D eigenvalue weighted by molar-refractivity contribution is 7.95. The van der Waals surface area contributed by atoms with Crippen LogP contribution in [0, 0.1) is 0 Å². The van der Waals surface area contributed by atoms with Gasteiger partial charge in [-0.25, -0.2) is 8.42 Å². The molecule has 2 aliphatic rings. The van der Waals surface area contributed by atoms with E-state index in [0.717, 1.165) is 37.1 Å². The van der Waals surface area contributed by atoms with Crippen LogP contribution in [0.3, 0.4) is 0 Å². The number of hydrogen-bond donors (Lipinski definition) is 1. The monoisotopic (exact) mass is 292 g/mol. The van der Waals surface area contributed by atoms with Crippen LogP contribution in [0.5, 0.6) is 0 Å². The predicted molar refractivity (Wildman–Crippen MR) is 79.8 cm³/mol. The molecule has 20 heavy (non-hydrogen) atoms. The molecule has 0 atom stereocenters. The van der Waals surface area contributed by atoms with Crippen LogP contribution in [0.15, 0.2) is 28.0 Å². The summed E-state index contributed by atoms with van der Waals surface area (Å²) in [6.45, 7) is 2.96. The topological polar surface area (TPSA) is 63.4 Å². The maximum Gasteiger partial charge on any atom is 0.204 e. The first kappa shape index (κ1) is 13.8. The molecule has 2 aliphatic heterocycles. The van der Waals surface area contributed by atoms with E-state index in [4.69, 9.17) is 5.73 Å². The third-order valence-electron chi connectivity index (χ3n) is 4.09. The van der Waals surface area contributed by atoms with Gasteiger partial charge in [-0.3, -0.25) is 4.90 Å². The third kappa shape index (κ3) is 2.41. The minimum absolute atomic E-state index is 0.432. The van der Waals surface area contributed by atoms with Crippen LogP contribution in [0.2, 0.25) is 0 Å². The molecule has 0 radical (unpaired) electrons. The van der Waals surface area contributed by atoms with Crippen molar-refractivity contribution in [3.05, 3.63) is 34.2 Å². The molecule has 5 heteroatoms. The predicted octanol–water partition coefficient (Wildman–Crippen LogP) is 1.76. The Hall–Kier alpha value is -1.17. The highest BCUT2D eigenvalue weighted by atomic mass is 32.2. The van der Waals surface area contributed by atoms with E-state index >= 15 is 0 Å². The molecular weight excluding hydrogens is 272 g/mol. The Bertz CT molecular complexity index is 644. The van der Waals surface area contributed by atoms with E-state index < -0.39 is 9.84 Å². The lowest BCUT2D eigenvalue weighted by atomic mass is 10.1. The molecule has 0 bridgehead atoms. The highest BCUT2D eigenvalue weighted by Gasteiger charge is 2.30. The molecule has 0 aliphatic carbocycles. The first-order chi connectivity index (χ1) is 9.61. The van der Waals surface area contributed by atoms with Gasteiger partial charge in [-0.15, -0.1) is 0 Å². The molecule has 0 unspecified atom stereocenters. The fourth-order valence-corrected chi connectivity index (χ4v) is 4.54. The Morgan fingerprint density at radius 1 is 1.15 bits per heavy atom. The molecule has 1 aromatic carbocycles. The van der Waals surface area contributed by atoms with Crippen LogP contribution in [-0.4, -0.2) is 33.0 Å². The molecule has 4 nitrogen and oxygen atoms in total. The van der Waals surface area contributed by atoms with E-state index in [-0.39, 0.29) is 0 Å².